The number of nitrogens with zero attached hydrogens (tertiary/aromatic N) is 1. The van der Waals surface area contributed by atoms with Crippen LogP contribution in [0.15, 0.2) is 65.6 Å². The average molecular weight is 540 g/mol. The van der Waals surface area contributed by atoms with E-state index in [0.717, 1.165) is 41.7 Å². The molecule has 1 heterocycles. The molecule has 0 aliphatic rings. The number of carbonyl (C=O) groups is 1. The predicted octanol–water partition coefficient (Wildman–Crippen LogP) is 2.86. The monoisotopic (exact) mass is 539 g/mol. The Labute approximate surface area is 242 Å². The van der Waals surface area contributed by atoms with Crippen molar-refractivity contribution in [1.82, 2.24) is 4.98 Å². The van der Waals surface area contributed by atoms with Crippen molar-refractivity contribution < 1.29 is 48.9 Å². The number of benzene rings is 2. The molecule has 0 amide bonds. The van der Waals surface area contributed by atoms with Crippen molar-refractivity contribution in [2.75, 3.05) is 13.7 Å². The molecule has 3 aromatic rings. The Balaban J connectivity index is 0.00000432. The number of carboxylic acids is 1. The minimum atomic E-state index is -1.30. The normalized spacial score (nSPS) is 10.7. The second-order valence-corrected chi connectivity index (χ2v) is 9.13. The number of hydrogen-bond acceptors (Lipinski definition) is 6. The fourth-order valence-corrected chi connectivity index (χ4v) is 4.73. The first-order valence-corrected chi connectivity index (χ1v) is 12.4. The standard InChI is InChI=1S/C26H25Cl2NO4S.Na/c1-32-20-11-8-18(9-12-20)5-2-3-16-33-24-14-10-19(29-23(24)13-15-25(30)31)17-34-26-21(27)6-4-7-22(26)28;/h4,6-15H,2-3,5,16-17H2,1H3,(H,30,31);/q;+1/p-1. The fraction of sp³-hybridized carbons (Fsp3) is 0.231. The summed E-state index contributed by atoms with van der Waals surface area (Å²) < 4.78 is 11.1. The molecule has 9 heteroatoms. The number of ether oxygens (including phenoxy) is 2. The first kappa shape index (κ1) is 29.6. The largest absolute Gasteiger partial charge is 1.00 e. The molecule has 0 aliphatic heterocycles. The van der Waals surface area contributed by atoms with Gasteiger partial charge in [-0.3, -0.25) is 0 Å². The quantitative estimate of drug-likeness (QED) is 0.152. The van der Waals surface area contributed by atoms with Crippen LogP contribution in [0.3, 0.4) is 0 Å². The number of thioether (sulfide) groups is 1. The van der Waals surface area contributed by atoms with Gasteiger partial charge in [0, 0.05) is 10.6 Å². The maximum absolute atomic E-state index is 10.9. The number of aromatic nitrogens is 1. The van der Waals surface area contributed by atoms with Gasteiger partial charge in [-0.25, -0.2) is 4.98 Å². The number of unbranched alkanes of at least 4 members (excludes halogenated alkanes) is 1. The summed E-state index contributed by atoms with van der Waals surface area (Å²) in [6.45, 7) is 0.493. The summed E-state index contributed by atoms with van der Waals surface area (Å²) in [5.74, 6) is 0.576. The second-order valence-electron chi connectivity index (χ2n) is 7.33. The second kappa shape index (κ2) is 15.4. The van der Waals surface area contributed by atoms with Gasteiger partial charge in [0.2, 0.25) is 0 Å². The van der Waals surface area contributed by atoms with Gasteiger partial charge < -0.3 is 19.4 Å². The summed E-state index contributed by atoms with van der Waals surface area (Å²) in [6, 6.07) is 17.0. The third-order valence-corrected chi connectivity index (χ3v) is 6.90. The minimum absolute atomic E-state index is 0. The molecule has 0 saturated carbocycles. The number of hydrogen-bond donors (Lipinski definition) is 0. The molecule has 0 bridgehead atoms. The Morgan fingerprint density at radius 1 is 1.06 bits per heavy atom. The van der Waals surface area contributed by atoms with E-state index in [1.54, 1.807) is 31.4 Å². The molecular weight excluding hydrogens is 516 g/mol. The van der Waals surface area contributed by atoms with Crippen LogP contribution in [0.2, 0.25) is 10.0 Å². The van der Waals surface area contributed by atoms with E-state index >= 15 is 0 Å². The number of carbonyl (C=O) groups excluding carboxylic acids is 1. The number of rotatable bonds is 12. The van der Waals surface area contributed by atoms with Crippen molar-refractivity contribution in [3.05, 3.63) is 87.7 Å². The van der Waals surface area contributed by atoms with Gasteiger partial charge in [0.1, 0.15) is 17.2 Å². The fourth-order valence-electron chi connectivity index (χ4n) is 3.15. The predicted molar refractivity (Wildman–Crippen MR) is 136 cm³/mol. The molecular formula is C26H24Cl2NNaO4S. The van der Waals surface area contributed by atoms with Gasteiger partial charge >= 0.3 is 29.6 Å². The first-order valence-electron chi connectivity index (χ1n) is 10.7. The van der Waals surface area contributed by atoms with Gasteiger partial charge in [-0.1, -0.05) is 41.4 Å². The first-order chi connectivity index (χ1) is 16.5. The Hall–Kier alpha value is -1.67. The Morgan fingerprint density at radius 2 is 1.77 bits per heavy atom. The summed E-state index contributed by atoms with van der Waals surface area (Å²) in [7, 11) is 1.65. The molecule has 0 N–H and O–H groups in total. The van der Waals surface area contributed by atoms with Crippen molar-refractivity contribution in [1.29, 1.82) is 0 Å². The third kappa shape index (κ3) is 9.71. The molecule has 2 aromatic carbocycles. The van der Waals surface area contributed by atoms with E-state index in [1.807, 2.05) is 18.2 Å². The Morgan fingerprint density at radius 3 is 2.43 bits per heavy atom. The number of aliphatic carboxylic acids is 1. The van der Waals surface area contributed by atoms with Crippen molar-refractivity contribution in [3.8, 4) is 11.5 Å². The van der Waals surface area contributed by atoms with Crippen molar-refractivity contribution in [2.45, 2.75) is 29.9 Å². The number of aryl methyl sites for hydroxylation is 1. The van der Waals surface area contributed by atoms with Crippen LogP contribution < -0.4 is 44.1 Å². The van der Waals surface area contributed by atoms with Crippen LogP contribution in [-0.4, -0.2) is 24.7 Å². The molecule has 35 heavy (non-hydrogen) atoms. The van der Waals surface area contributed by atoms with Crippen LogP contribution >= 0.6 is 35.0 Å². The van der Waals surface area contributed by atoms with E-state index in [-0.39, 0.29) is 29.6 Å². The molecule has 0 aliphatic carbocycles. The maximum atomic E-state index is 10.9. The van der Waals surface area contributed by atoms with Crippen molar-refractivity contribution in [2.24, 2.45) is 0 Å². The summed E-state index contributed by atoms with van der Waals surface area (Å²) in [6.07, 6.45) is 5.07. The van der Waals surface area contributed by atoms with Crippen LogP contribution in [0.1, 0.15) is 29.8 Å². The van der Waals surface area contributed by atoms with E-state index in [4.69, 9.17) is 32.7 Å². The average Bonchev–Trinajstić information content (AvgIpc) is 2.83. The Kier molecular flexibility index (Phi) is 13.0. The van der Waals surface area contributed by atoms with E-state index in [1.165, 1.54) is 23.4 Å². The van der Waals surface area contributed by atoms with Gasteiger partial charge in [-0.2, -0.15) is 0 Å². The van der Waals surface area contributed by atoms with E-state index in [0.29, 0.717) is 33.8 Å². The number of carboxylic acid groups (broad SMARTS) is 1. The molecule has 5 nitrogen and oxygen atoms in total. The summed E-state index contributed by atoms with van der Waals surface area (Å²) >= 11 is 13.9. The Bertz CT molecular complexity index is 1120. The molecule has 0 spiro atoms. The van der Waals surface area contributed by atoms with Gasteiger partial charge in [0.05, 0.1) is 35.4 Å². The topological polar surface area (TPSA) is 71.5 Å². The SMILES string of the molecule is COc1ccc(CCCCOc2ccc(CSc3c(Cl)cccc3Cl)nc2C=CC(=O)[O-])cc1.[Na+]. The minimum Gasteiger partial charge on any atom is -0.545 e. The van der Waals surface area contributed by atoms with Crippen molar-refractivity contribution in [3.63, 3.8) is 0 Å². The van der Waals surface area contributed by atoms with Crippen LogP contribution in [0.5, 0.6) is 11.5 Å². The molecule has 0 saturated heterocycles. The third-order valence-electron chi connectivity index (χ3n) is 4.88. The number of methoxy groups -OCH3 is 1. The summed E-state index contributed by atoms with van der Waals surface area (Å²) in [5, 5.41) is 12.1. The maximum Gasteiger partial charge on any atom is 1.00 e. The van der Waals surface area contributed by atoms with Gasteiger partial charge in [-0.15, -0.1) is 11.8 Å². The molecule has 3 rings (SSSR count). The smallest absolute Gasteiger partial charge is 0.545 e. The zero-order chi connectivity index (χ0) is 24.3. The van der Waals surface area contributed by atoms with Gasteiger partial charge in [0.15, 0.2) is 0 Å². The zero-order valence-corrected chi connectivity index (χ0v) is 24.0. The molecule has 178 valence electrons. The van der Waals surface area contributed by atoms with Crippen LogP contribution in [0, 0.1) is 0 Å². The van der Waals surface area contributed by atoms with Crippen molar-refractivity contribution >= 4 is 47.0 Å². The number of halogens is 2. The molecule has 0 unspecified atom stereocenters. The van der Waals surface area contributed by atoms with Crippen LogP contribution in [0.4, 0.5) is 0 Å². The molecule has 0 radical (unpaired) electrons. The zero-order valence-electron chi connectivity index (χ0n) is 19.6. The van der Waals surface area contributed by atoms with E-state index in [2.05, 4.69) is 17.1 Å². The molecule has 0 atom stereocenters. The van der Waals surface area contributed by atoms with Crippen LogP contribution in [0.25, 0.3) is 6.08 Å². The van der Waals surface area contributed by atoms with Gasteiger partial charge in [0.25, 0.3) is 0 Å². The van der Waals surface area contributed by atoms with Crippen LogP contribution in [-0.2, 0) is 17.0 Å². The summed E-state index contributed by atoms with van der Waals surface area (Å²) in [5.41, 5.74) is 2.41. The van der Waals surface area contributed by atoms with E-state index in [9.17, 15) is 9.90 Å². The summed E-state index contributed by atoms with van der Waals surface area (Å²) in [4.78, 5) is 16.3. The van der Waals surface area contributed by atoms with E-state index < -0.39 is 5.97 Å². The molecule has 1 aromatic heterocycles. The molecule has 0 fully saturated rings. The number of pyridine rings is 1. The van der Waals surface area contributed by atoms with Gasteiger partial charge in [-0.05, 0) is 73.4 Å².